The van der Waals surface area contributed by atoms with Crippen molar-refractivity contribution in [3.8, 4) is 11.8 Å². The number of alkyl halides is 3. The molecule has 0 aliphatic carbocycles. The number of hydrogen-bond acceptors (Lipinski definition) is 5. The molecule has 10 heteroatoms. The number of nitrogens with one attached hydrogen (secondary N) is 1. The van der Waals surface area contributed by atoms with E-state index >= 15 is 0 Å². The summed E-state index contributed by atoms with van der Waals surface area (Å²) in [4.78, 5) is 11.2. The highest BCUT2D eigenvalue weighted by Gasteiger charge is 2.35. The number of carbonyl (C=O) groups excluding carboxylic acids is 1. The van der Waals surface area contributed by atoms with Crippen LogP contribution < -0.4 is 9.46 Å². The Labute approximate surface area is 153 Å². The first kappa shape index (κ1) is 20.3. The molecule has 0 aliphatic heterocycles. The highest BCUT2D eigenvalue weighted by atomic mass is 32.2. The summed E-state index contributed by atoms with van der Waals surface area (Å²) in [6.45, 7) is 0. The number of sulfonamides is 1. The number of nitriles is 1. The third-order valence-electron chi connectivity index (χ3n) is 3.50. The van der Waals surface area contributed by atoms with Gasteiger partial charge in [0.05, 0.1) is 35.6 Å². The van der Waals surface area contributed by atoms with Crippen molar-refractivity contribution in [2.75, 3.05) is 7.11 Å². The summed E-state index contributed by atoms with van der Waals surface area (Å²) in [5, 5.41) is 8.74. The Morgan fingerprint density at radius 1 is 1.19 bits per heavy atom. The van der Waals surface area contributed by atoms with Crippen molar-refractivity contribution in [1.82, 2.24) is 4.72 Å². The number of amides is 1. The molecule has 142 valence electrons. The molecule has 0 bridgehead atoms. The van der Waals surface area contributed by atoms with Gasteiger partial charge in [-0.1, -0.05) is 12.1 Å². The minimum atomic E-state index is -4.91. The number of rotatable bonds is 5. The average Bonchev–Trinajstić information content (AvgIpc) is 2.60. The SMILES string of the molecule is COc1ccc(CC(=O)NS(=O)(=O)c2ccc(C#N)c(C(F)(F)F)c2)cc1. The number of nitrogens with zero attached hydrogens (tertiary/aromatic N) is 1. The van der Waals surface area contributed by atoms with Crippen molar-refractivity contribution < 1.29 is 31.1 Å². The van der Waals surface area contributed by atoms with Crippen LogP contribution in [0.2, 0.25) is 0 Å². The molecule has 0 fully saturated rings. The van der Waals surface area contributed by atoms with E-state index in [0.717, 1.165) is 12.1 Å². The van der Waals surface area contributed by atoms with Gasteiger partial charge in [-0.3, -0.25) is 4.79 Å². The van der Waals surface area contributed by atoms with Gasteiger partial charge in [0.2, 0.25) is 5.91 Å². The minimum absolute atomic E-state index is 0.300. The van der Waals surface area contributed by atoms with Gasteiger partial charge in [-0.15, -0.1) is 0 Å². The van der Waals surface area contributed by atoms with Crippen LogP contribution in [0.3, 0.4) is 0 Å². The first-order chi connectivity index (χ1) is 12.6. The summed E-state index contributed by atoms with van der Waals surface area (Å²) in [5.41, 5.74) is -1.62. The quantitative estimate of drug-likeness (QED) is 0.835. The number of carbonyl (C=O) groups is 1. The Morgan fingerprint density at radius 3 is 2.33 bits per heavy atom. The summed E-state index contributed by atoms with van der Waals surface area (Å²) < 4.78 is 70.0. The van der Waals surface area contributed by atoms with E-state index < -0.39 is 38.1 Å². The third-order valence-corrected chi connectivity index (χ3v) is 4.87. The van der Waals surface area contributed by atoms with Crippen LogP contribution in [0.5, 0.6) is 5.75 Å². The molecule has 2 aromatic rings. The largest absolute Gasteiger partial charge is 0.497 e. The molecule has 6 nitrogen and oxygen atoms in total. The van der Waals surface area contributed by atoms with Gasteiger partial charge < -0.3 is 4.74 Å². The van der Waals surface area contributed by atoms with Gasteiger partial charge in [0.15, 0.2) is 0 Å². The normalized spacial score (nSPS) is 11.5. The van der Waals surface area contributed by atoms with Crippen LogP contribution in [0.4, 0.5) is 13.2 Å². The Bertz CT molecular complexity index is 994. The average molecular weight is 398 g/mol. The summed E-state index contributed by atoms with van der Waals surface area (Å²) in [6, 6.07) is 9.50. The lowest BCUT2D eigenvalue weighted by molar-refractivity contribution is -0.137. The molecule has 0 aromatic heterocycles. The van der Waals surface area contributed by atoms with E-state index in [2.05, 4.69) is 0 Å². The molecule has 0 aliphatic rings. The molecular weight excluding hydrogens is 385 g/mol. The van der Waals surface area contributed by atoms with Gasteiger partial charge in [-0.25, -0.2) is 13.1 Å². The summed E-state index contributed by atoms with van der Waals surface area (Å²) in [6.07, 6.45) is -5.21. The molecule has 0 spiro atoms. The molecule has 1 amide bonds. The molecule has 0 saturated heterocycles. The van der Waals surface area contributed by atoms with Crippen LogP contribution in [-0.4, -0.2) is 21.4 Å². The second kappa shape index (κ2) is 7.67. The van der Waals surface area contributed by atoms with Crippen molar-refractivity contribution >= 4 is 15.9 Å². The smallest absolute Gasteiger partial charge is 0.417 e. The van der Waals surface area contributed by atoms with E-state index in [-0.39, 0.29) is 6.42 Å². The second-order valence-corrected chi connectivity index (χ2v) is 7.05. The van der Waals surface area contributed by atoms with Crippen LogP contribution in [0.25, 0.3) is 0 Å². The molecule has 0 radical (unpaired) electrons. The highest BCUT2D eigenvalue weighted by Crippen LogP contribution is 2.33. The molecule has 0 heterocycles. The van der Waals surface area contributed by atoms with Crippen LogP contribution in [0, 0.1) is 11.3 Å². The Hall–Kier alpha value is -3.06. The predicted octanol–water partition coefficient (Wildman–Crippen LogP) is 2.63. The van der Waals surface area contributed by atoms with Gasteiger partial charge in [0.25, 0.3) is 10.0 Å². The summed E-state index contributed by atoms with van der Waals surface area (Å²) in [5.74, 6) is -0.373. The topological polar surface area (TPSA) is 96.3 Å². The molecule has 1 N–H and O–H groups in total. The fraction of sp³-hybridized carbons (Fsp3) is 0.176. The lowest BCUT2D eigenvalue weighted by Crippen LogP contribution is -2.32. The minimum Gasteiger partial charge on any atom is -0.497 e. The third kappa shape index (κ3) is 4.98. The van der Waals surface area contributed by atoms with E-state index in [0.29, 0.717) is 17.4 Å². The molecule has 2 aromatic carbocycles. The fourth-order valence-corrected chi connectivity index (χ4v) is 3.21. The lowest BCUT2D eigenvalue weighted by atomic mass is 10.1. The fourth-order valence-electron chi connectivity index (χ4n) is 2.20. The van der Waals surface area contributed by atoms with Crippen molar-refractivity contribution in [3.63, 3.8) is 0 Å². The Morgan fingerprint density at radius 2 is 1.81 bits per heavy atom. The van der Waals surface area contributed by atoms with Crippen LogP contribution >= 0.6 is 0 Å². The maximum Gasteiger partial charge on any atom is 0.417 e. The summed E-state index contributed by atoms with van der Waals surface area (Å²) >= 11 is 0. The van der Waals surface area contributed by atoms with Crippen molar-refractivity contribution in [2.24, 2.45) is 0 Å². The van der Waals surface area contributed by atoms with Gasteiger partial charge in [0.1, 0.15) is 5.75 Å². The molecule has 27 heavy (non-hydrogen) atoms. The monoisotopic (exact) mass is 398 g/mol. The molecule has 0 atom stereocenters. The maximum absolute atomic E-state index is 13.0. The van der Waals surface area contributed by atoms with Crippen molar-refractivity contribution in [3.05, 3.63) is 59.2 Å². The molecule has 0 unspecified atom stereocenters. The van der Waals surface area contributed by atoms with E-state index in [4.69, 9.17) is 10.00 Å². The second-order valence-electron chi connectivity index (χ2n) is 5.37. The van der Waals surface area contributed by atoms with Gasteiger partial charge >= 0.3 is 6.18 Å². The van der Waals surface area contributed by atoms with Gasteiger partial charge in [0, 0.05) is 0 Å². The Balaban J connectivity index is 2.22. The predicted molar refractivity (Wildman–Crippen MR) is 88.2 cm³/mol. The first-order valence-corrected chi connectivity index (χ1v) is 8.85. The lowest BCUT2D eigenvalue weighted by Gasteiger charge is -2.12. The van der Waals surface area contributed by atoms with Crippen molar-refractivity contribution in [1.29, 1.82) is 5.26 Å². The number of benzene rings is 2. The van der Waals surface area contributed by atoms with Crippen LogP contribution in [0.1, 0.15) is 16.7 Å². The zero-order valence-electron chi connectivity index (χ0n) is 13.9. The summed E-state index contributed by atoms with van der Waals surface area (Å²) in [7, 11) is -3.07. The molecular formula is C17H13F3N2O4S. The molecule has 0 saturated carbocycles. The number of ether oxygens (including phenoxy) is 1. The van der Waals surface area contributed by atoms with E-state index in [9.17, 15) is 26.4 Å². The van der Waals surface area contributed by atoms with Crippen LogP contribution in [-0.2, 0) is 27.4 Å². The number of methoxy groups -OCH3 is 1. The molecule has 2 rings (SSSR count). The maximum atomic E-state index is 13.0. The van der Waals surface area contributed by atoms with Crippen LogP contribution in [0.15, 0.2) is 47.4 Å². The van der Waals surface area contributed by atoms with E-state index in [1.807, 2.05) is 0 Å². The highest BCUT2D eigenvalue weighted by molar-refractivity contribution is 7.90. The zero-order valence-corrected chi connectivity index (χ0v) is 14.7. The van der Waals surface area contributed by atoms with Gasteiger partial charge in [-0.2, -0.15) is 18.4 Å². The van der Waals surface area contributed by atoms with Gasteiger partial charge in [-0.05, 0) is 35.9 Å². The first-order valence-electron chi connectivity index (χ1n) is 7.37. The van der Waals surface area contributed by atoms with E-state index in [1.54, 1.807) is 29.0 Å². The Kier molecular flexibility index (Phi) is 5.75. The van der Waals surface area contributed by atoms with E-state index in [1.165, 1.54) is 13.2 Å². The van der Waals surface area contributed by atoms with Crippen molar-refractivity contribution in [2.45, 2.75) is 17.5 Å². The standard InChI is InChI=1S/C17H13F3N2O4S/c1-26-13-5-2-11(3-6-13)8-16(23)22-27(24,25)14-7-4-12(10-21)15(9-14)17(18,19)20/h2-7,9H,8H2,1H3,(H,22,23). The zero-order chi connectivity index (χ0) is 20.2. The number of halogens is 3. The number of hydrogen-bond donors (Lipinski definition) is 1.